The number of hydrogen-bond donors (Lipinski definition) is 1. The molecule has 2 aromatic carbocycles. The number of para-hydroxylation sites is 1. The van der Waals surface area contributed by atoms with E-state index in [1.165, 1.54) is 18.2 Å². The molecule has 0 aliphatic rings. The first kappa shape index (κ1) is 14.8. The monoisotopic (exact) mass is 315 g/mol. The van der Waals surface area contributed by atoms with Crippen molar-refractivity contribution in [2.24, 2.45) is 0 Å². The molecule has 116 valence electrons. The van der Waals surface area contributed by atoms with Crippen molar-refractivity contribution in [3.05, 3.63) is 65.6 Å². The van der Waals surface area contributed by atoms with Gasteiger partial charge in [0.05, 0.1) is 0 Å². The number of carbonyl (C=O) groups is 1. The molecule has 23 heavy (non-hydrogen) atoms. The van der Waals surface area contributed by atoms with E-state index in [1.54, 1.807) is 19.1 Å². The topological polar surface area (TPSA) is 68.0 Å². The second kappa shape index (κ2) is 5.96. The molecule has 0 saturated heterocycles. The Kier molecular flexibility index (Phi) is 3.84. The van der Waals surface area contributed by atoms with Gasteiger partial charge in [-0.25, -0.2) is 8.78 Å². The molecule has 3 aromatic rings. The van der Waals surface area contributed by atoms with Gasteiger partial charge in [0.25, 0.3) is 5.91 Å². The molecule has 5 nitrogen and oxygen atoms in total. The van der Waals surface area contributed by atoms with Crippen LogP contribution in [0, 0.1) is 18.6 Å². The molecule has 0 aliphatic carbocycles. The highest BCUT2D eigenvalue weighted by molar-refractivity contribution is 6.05. The summed E-state index contributed by atoms with van der Waals surface area (Å²) < 4.78 is 32.1. The minimum atomic E-state index is -0.844. The minimum Gasteiger partial charge on any atom is -0.339 e. The number of carbonyl (C=O) groups excluding carboxylic acids is 1. The Labute approximate surface area is 130 Å². The molecular formula is C16H11F2N3O2. The lowest BCUT2D eigenvalue weighted by Gasteiger charge is -2.08. The summed E-state index contributed by atoms with van der Waals surface area (Å²) in [5.74, 6) is -1.61. The van der Waals surface area contributed by atoms with Gasteiger partial charge in [0.1, 0.15) is 17.3 Å². The van der Waals surface area contributed by atoms with Crippen molar-refractivity contribution in [2.45, 2.75) is 6.92 Å². The van der Waals surface area contributed by atoms with Crippen molar-refractivity contribution in [1.29, 1.82) is 0 Å². The number of nitrogens with one attached hydrogen (secondary N) is 1. The van der Waals surface area contributed by atoms with Crippen LogP contribution in [0.2, 0.25) is 0 Å². The number of anilines is 1. The second-order valence-corrected chi connectivity index (χ2v) is 4.77. The maximum Gasteiger partial charge on any atom is 0.255 e. The fourth-order valence-corrected chi connectivity index (χ4v) is 2.02. The van der Waals surface area contributed by atoms with Gasteiger partial charge in [-0.15, -0.1) is 0 Å². The third kappa shape index (κ3) is 3.08. The summed E-state index contributed by atoms with van der Waals surface area (Å²) in [6, 6.07) is 9.70. The van der Waals surface area contributed by atoms with E-state index in [0.29, 0.717) is 17.3 Å². The van der Waals surface area contributed by atoms with Gasteiger partial charge < -0.3 is 9.84 Å². The number of aromatic nitrogens is 2. The Hall–Kier alpha value is -3.09. The van der Waals surface area contributed by atoms with Crippen LogP contribution in [0.4, 0.5) is 14.5 Å². The van der Waals surface area contributed by atoms with Gasteiger partial charge in [0, 0.05) is 18.1 Å². The summed E-state index contributed by atoms with van der Waals surface area (Å²) in [4.78, 5) is 16.3. The van der Waals surface area contributed by atoms with Gasteiger partial charge in [-0.2, -0.15) is 4.98 Å². The lowest BCUT2D eigenvalue weighted by Crippen LogP contribution is -2.14. The number of aryl methyl sites for hydroxylation is 1. The molecule has 7 heteroatoms. The zero-order valence-electron chi connectivity index (χ0n) is 12.0. The third-order valence-corrected chi connectivity index (χ3v) is 3.11. The van der Waals surface area contributed by atoms with Crippen molar-refractivity contribution in [2.75, 3.05) is 5.32 Å². The van der Waals surface area contributed by atoms with Crippen molar-refractivity contribution in [3.63, 3.8) is 0 Å². The molecular weight excluding hydrogens is 304 g/mol. The van der Waals surface area contributed by atoms with E-state index in [2.05, 4.69) is 15.5 Å². The zero-order chi connectivity index (χ0) is 16.4. The first-order chi connectivity index (χ1) is 11.0. The quantitative estimate of drug-likeness (QED) is 0.802. The van der Waals surface area contributed by atoms with Crippen molar-refractivity contribution >= 4 is 11.6 Å². The van der Waals surface area contributed by atoms with Crippen LogP contribution in [-0.2, 0) is 0 Å². The first-order valence-corrected chi connectivity index (χ1v) is 6.70. The van der Waals surface area contributed by atoms with Crippen LogP contribution in [0.3, 0.4) is 0 Å². The zero-order valence-corrected chi connectivity index (χ0v) is 12.0. The summed E-state index contributed by atoms with van der Waals surface area (Å²) in [5, 5.41) is 5.99. The summed E-state index contributed by atoms with van der Waals surface area (Å²) in [7, 11) is 0. The first-order valence-electron chi connectivity index (χ1n) is 6.70. The van der Waals surface area contributed by atoms with Gasteiger partial charge in [0.15, 0.2) is 0 Å². The van der Waals surface area contributed by atoms with E-state index in [1.807, 2.05) is 0 Å². The Morgan fingerprint density at radius 1 is 1.13 bits per heavy atom. The van der Waals surface area contributed by atoms with E-state index in [-0.39, 0.29) is 5.56 Å². The van der Waals surface area contributed by atoms with E-state index in [9.17, 15) is 13.6 Å². The average molecular weight is 315 g/mol. The molecule has 1 heterocycles. The van der Waals surface area contributed by atoms with Gasteiger partial charge in [-0.1, -0.05) is 23.4 Å². The van der Waals surface area contributed by atoms with Crippen LogP contribution in [0.1, 0.15) is 16.2 Å². The highest BCUT2D eigenvalue weighted by atomic mass is 19.1. The highest BCUT2D eigenvalue weighted by Gasteiger charge is 2.15. The van der Waals surface area contributed by atoms with Gasteiger partial charge in [-0.3, -0.25) is 4.79 Å². The standard InChI is InChI=1S/C16H11F2N3O2/c1-9-19-15(21-23-9)10-4-2-5-11(8-10)16(22)20-14-12(17)6-3-7-13(14)18/h2-8H,1H3,(H,20,22). The van der Waals surface area contributed by atoms with E-state index in [4.69, 9.17) is 4.52 Å². The molecule has 0 aliphatic heterocycles. The van der Waals surface area contributed by atoms with Crippen LogP contribution in [0.25, 0.3) is 11.4 Å². The van der Waals surface area contributed by atoms with Crippen LogP contribution in [0.5, 0.6) is 0 Å². The predicted octanol–water partition coefficient (Wildman–Crippen LogP) is 3.58. The average Bonchev–Trinajstić information content (AvgIpc) is 2.97. The largest absolute Gasteiger partial charge is 0.339 e. The lowest BCUT2D eigenvalue weighted by atomic mass is 10.1. The molecule has 3 rings (SSSR count). The number of rotatable bonds is 3. The van der Waals surface area contributed by atoms with Crippen molar-refractivity contribution < 1.29 is 18.1 Å². The summed E-state index contributed by atoms with van der Waals surface area (Å²) in [6.07, 6.45) is 0. The van der Waals surface area contributed by atoms with E-state index >= 15 is 0 Å². The molecule has 0 unspecified atom stereocenters. The van der Waals surface area contributed by atoms with Gasteiger partial charge >= 0.3 is 0 Å². The van der Waals surface area contributed by atoms with Gasteiger partial charge in [-0.05, 0) is 24.3 Å². The van der Waals surface area contributed by atoms with Crippen LogP contribution in [0.15, 0.2) is 47.0 Å². The Balaban J connectivity index is 1.88. The fraction of sp³-hybridized carbons (Fsp3) is 0.0625. The van der Waals surface area contributed by atoms with Crippen molar-refractivity contribution in [1.82, 2.24) is 10.1 Å². The Bertz CT molecular complexity index is 857. The number of halogens is 2. The molecule has 1 N–H and O–H groups in total. The number of benzene rings is 2. The maximum absolute atomic E-state index is 13.6. The molecule has 0 saturated carbocycles. The molecule has 1 amide bonds. The Morgan fingerprint density at radius 2 is 1.83 bits per heavy atom. The molecule has 0 radical (unpaired) electrons. The summed E-state index contributed by atoms with van der Waals surface area (Å²) in [5.41, 5.74) is 0.287. The van der Waals surface area contributed by atoms with Crippen LogP contribution >= 0.6 is 0 Å². The van der Waals surface area contributed by atoms with Crippen molar-refractivity contribution in [3.8, 4) is 11.4 Å². The van der Waals surface area contributed by atoms with Gasteiger partial charge in [0.2, 0.25) is 11.7 Å². The van der Waals surface area contributed by atoms with E-state index in [0.717, 1.165) is 12.1 Å². The molecule has 0 bridgehead atoms. The molecule has 0 fully saturated rings. The van der Waals surface area contributed by atoms with Crippen LogP contribution < -0.4 is 5.32 Å². The fourth-order valence-electron chi connectivity index (χ4n) is 2.02. The van der Waals surface area contributed by atoms with Crippen LogP contribution in [-0.4, -0.2) is 16.0 Å². The SMILES string of the molecule is Cc1nc(-c2cccc(C(=O)Nc3c(F)cccc3F)c2)no1. The number of hydrogen-bond acceptors (Lipinski definition) is 4. The summed E-state index contributed by atoms with van der Waals surface area (Å²) >= 11 is 0. The minimum absolute atomic E-state index is 0.215. The maximum atomic E-state index is 13.6. The highest BCUT2D eigenvalue weighted by Crippen LogP contribution is 2.21. The normalized spacial score (nSPS) is 10.6. The second-order valence-electron chi connectivity index (χ2n) is 4.77. The molecule has 0 spiro atoms. The molecule has 0 atom stereocenters. The molecule has 1 aromatic heterocycles. The Morgan fingerprint density at radius 3 is 2.48 bits per heavy atom. The number of amides is 1. The lowest BCUT2D eigenvalue weighted by molar-refractivity contribution is 0.102. The summed E-state index contributed by atoms with van der Waals surface area (Å²) in [6.45, 7) is 1.65. The predicted molar refractivity (Wildman–Crippen MR) is 78.8 cm³/mol. The smallest absolute Gasteiger partial charge is 0.255 e. The third-order valence-electron chi connectivity index (χ3n) is 3.11. The number of nitrogens with zero attached hydrogens (tertiary/aromatic N) is 2. The van der Waals surface area contributed by atoms with E-state index < -0.39 is 23.2 Å².